The number of benzene rings is 1. The first-order valence-corrected chi connectivity index (χ1v) is 5.30. The molecule has 0 saturated heterocycles. The van der Waals surface area contributed by atoms with Gasteiger partial charge in [0.05, 0.1) is 11.4 Å². The fourth-order valence-electron chi connectivity index (χ4n) is 1.32. The van der Waals surface area contributed by atoms with Gasteiger partial charge < -0.3 is 5.11 Å². The zero-order chi connectivity index (χ0) is 10.1. The van der Waals surface area contributed by atoms with E-state index in [1.807, 2.05) is 17.5 Å². The summed E-state index contributed by atoms with van der Waals surface area (Å²) in [5.41, 5.74) is 0.809. The van der Waals surface area contributed by atoms with Crippen LogP contribution in [0.3, 0.4) is 0 Å². The summed E-state index contributed by atoms with van der Waals surface area (Å²) in [4.78, 5) is 10.5. The topological polar surface area (TPSA) is 37.3 Å². The third kappa shape index (κ3) is 1.74. The van der Waals surface area contributed by atoms with Gasteiger partial charge in [-0.1, -0.05) is 23.7 Å². The molecule has 2 aromatic rings. The molecule has 2 rings (SSSR count). The SMILES string of the molecule is O=C(O)Cc1ccc2c(Cl)csc2c1. The number of rotatable bonds is 2. The van der Waals surface area contributed by atoms with Crippen molar-refractivity contribution < 1.29 is 9.90 Å². The van der Waals surface area contributed by atoms with E-state index in [0.717, 1.165) is 20.7 Å². The molecule has 0 aliphatic rings. The highest BCUT2D eigenvalue weighted by atomic mass is 35.5. The fourth-order valence-corrected chi connectivity index (χ4v) is 2.56. The summed E-state index contributed by atoms with van der Waals surface area (Å²) >= 11 is 7.46. The Morgan fingerprint density at radius 2 is 2.29 bits per heavy atom. The Labute approximate surface area is 89.7 Å². The Bertz CT molecular complexity index is 490. The van der Waals surface area contributed by atoms with Gasteiger partial charge in [-0.3, -0.25) is 4.79 Å². The Hall–Kier alpha value is -1.06. The van der Waals surface area contributed by atoms with Gasteiger partial charge in [-0.05, 0) is 11.6 Å². The van der Waals surface area contributed by atoms with Crippen LogP contribution < -0.4 is 0 Å². The van der Waals surface area contributed by atoms with Gasteiger partial charge in [0.1, 0.15) is 0 Å². The van der Waals surface area contributed by atoms with Gasteiger partial charge in [0.2, 0.25) is 0 Å². The Morgan fingerprint density at radius 1 is 1.50 bits per heavy atom. The van der Waals surface area contributed by atoms with Crippen LogP contribution in [0.2, 0.25) is 5.02 Å². The van der Waals surface area contributed by atoms with Crippen molar-refractivity contribution in [2.75, 3.05) is 0 Å². The summed E-state index contributed by atoms with van der Waals surface area (Å²) in [5, 5.41) is 12.2. The molecule has 1 aromatic carbocycles. The first kappa shape index (κ1) is 9.49. The average Bonchev–Trinajstić information content (AvgIpc) is 2.46. The van der Waals surface area contributed by atoms with E-state index in [9.17, 15) is 4.79 Å². The number of thiophene rings is 1. The average molecular weight is 227 g/mol. The van der Waals surface area contributed by atoms with E-state index in [1.165, 1.54) is 11.3 Å². The van der Waals surface area contributed by atoms with Gasteiger partial charge in [-0.15, -0.1) is 11.3 Å². The third-order valence-corrected chi connectivity index (χ3v) is 3.34. The molecule has 2 nitrogen and oxygen atoms in total. The van der Waals surface area contributed by atoms with Crippen LogP contribution in [-0.2, 0) is 11.2 Å². The highest BCUT2D eigenvalue weighted by Crippen LogP contribution is 2.30. The van der Waals surface area contributed by atoms with Crippen LogP contribution in [0.1, 0.15) is 5.56 Å². The van der Waals surface area contributed by atoms with Crippen LogP contribution in [0, 0.1) is 0 Å². The first-order chi connectivity index (χ1) is 6.66. The van der Waals surface area contributed by atoms with Crippen molar-refractivity contribution in [1.82, 2.24) is 0 Å². The lowest BCUT2D eigenvalue weighted by atomic mass is 10.1. The summed E-state index contributed by atoms with van der Waals surface area (Å²) < 4.78 is 1.04. The maximum Gasteiger partial charge on any atom is 0.307 e. The molecule has 0 atom stereocenters. The molecular formula is C10H7ClO2S. The van der Waals surface area contributed by atoms with E-state index in [4.69, 9.17) is 16.7 Å². The summed E-state index contributed by atoms with van der Waals surface area (Å²) in [6.45, 7) is 0. The van der Waals surface area contributed by atoms with E-state index in [2.05, 4.69) is 0 Å². The van der Waals surface area contributed by atoms with Crippen molar-refractivity contribution in [3.63, 3.8) is 0 Å². The van der Waals surface area contributed by atoms with E-state index in [-0.39, 0.29) is 6.42 Å². The van der Waals surface area contributed by atoms with Gasteiger partial charge >= 0.3 is 5.97 Å². The number of fused-ring (bicyclic) bond motifs is 1. The van der Waals surface area contributed by atoms with Crippen LogP contribution in [0.15, 0.2) is 23.6 Å². The normalized spacial score (nSPS) is 10.6. The van der Waals surface area contributed by atoms with Gasteiger partial charge in [0.15, 0.2) is 0 Å². The number of carboxylic acids is 1. The van der Waals surface area contributed by atoms with Crippen molar-refractivity contribution >= 4 is 39.0 Å². The van der Waals surface area contributed by atoms with Gasteiger partial charge in [0, 0.05) is 15.5 Å². The minimum atomic E-state index is -0.813. The van der Waals surface area contributed by atoms with Crippen molar-refractivity contribution in [1.29, 1.82) is 0 Å². The second-order valence-electron chi connectivity index (χ2n) is 2.98. The Morgan fingerprint density at radius 3 is 3.00 bits per heavy atom. The predicted octanol–water partition coefficient (Wildman–Crippen LogP) is 3.18. The van der Waals surface area contributed by atoms with Crippen molar-refractivity contribution in [2.24, 2.45) is 0 Å². The van der Waals surface area contributed by atoms with Crippen molar-refractivity contribution in [3.8, 4) is 0 Å². The van der Waals surface area contributed by atoms with Crippen molar-refractivity contribution in [2.45, 2.75) is 6.42 Å². The van der Waals surface area contributed by atoms with Crippen LogP contribution >= 0.6 is 22.9 Å². The second-order valence-corrected chi connectivity index (χ2v) is 4.30. The Balaban J connectivity index is 2.46. The van der Waals surface area contributed by atoms with E-state index in [1.54, 1.807) is 6.07 Å². The van der Waals surface area contributed by atoms with E-state index in [0.29, 0.717) is 0 Å². The van der Waals surface area contributed by atoms with Crippen molar-refractivity contribution in [3.05, 3.63) is 34.2 Å². The predicted molar refractivity (Wildman–Crippen MR) is 58.2 cm³/mol. The molecule has 0 unspecified atom stereocenters. The lowest BCUT2D eigenvalue weighted by molar-refractivity contribution is -0.136. The number of hydrogen-bond donors (Lipinski definition) is 1. The zero-order valence-electron chi connectivity index (χ0n) is 7.16. The summed E-state index contributed by atoms with van der Waals surface area (Å²) in [5.74, 6) is -0.813. The second kappa shape index (κ2) is 3.59. The molecule has 4 heteroatoms. The smallest absolute Gasteiger partial charge is 0.307 e. The van der Waals surface area contributed by atoms with Crippen LogP contribution in [0.4, 0.5) is 0 Å². The molecule has 0 radical (unpaired) electrons. The molecule has 14 heavy (non-hydrogen) atoms. The molecule has 0 saturated carbocycles. The number of hydrogen-bond acceptors (Lipinski definition) is 2. The molecule has 0 aliphatic carbocycles. The quantitative estimate of drug-likeness (QED) is 0.854. The van der Waals surface area contributed by atoms with Crippen LogP contribution in [0.5, 0.6) is 0 Å². The molecule has 72 valence electrons. The highest BCUT2D eigenvalue weighted by molar-refractivity contribution is 7.17. The highest BCUT2D eigenvalue weighted by Gasteiger charge is 2.04. The largest absolute Gasteiger partial charge is 0.481 e. The molecule has 1 aromatic heterocycles. The molecule has 1 N–H and O–H groups in total. The molecule has 0 bridgehead atoms. The van der Waals surface area contributed by atoms with E-state index >= 15 is 0 Å². The minimum absolute atomic E-state index is 0.0610. The van der Waals surface area contributed by atoms with E-state index < -0.39 is 5.97 Å². The van der Waals surface area contributed by atoms with Gasteiger partial charge in [-0.25, -0.2) is 0 Å². The zero-order valence-corrected chi connectivity index (χ0v) is 8.73. The number of halogens is 1. The fraction of sp³-hybridized carbons (Fsp3) is 0.100. The number of carboxylic acid groups (broad SMARTS) is 1. The standard InChI is InChI=1S/C10H7ClO2S/c11-8-5-14-9-3-6(4-10(12)13)1-2-7(8)9/h1-3,5H,4H2,(H,12,13). The lowest BCUT2D eigenvalue weighted by Gasteiger charge is -1.96. The first-order valence-electron chi connectivity index (χ1n) is 4.04. The molecular weight excluding hydrogens is 220 g/mol. The molecule has 1 heterocycles. The molecule has 0 fully saturated rings. The molecule has 0 amide bonds. The minimum Gasteiger partial charge on any atom is -0.481 e. The lowest BCUT2D eigenvalue weighted by Crippen LogP contribution is -1.99. The maximum absolute atomic E-state index is 10.5. The number of carbonyl (C=O) groups is 1. The molecule has 0 spiro atoms. The van der Waals surface area contributed by atoms with Crippen LogP contribution in [-0.4, -0.2) is 11.1 Å². The molecule has 0 aliphatic heterocycles. The van der Waals surface area contributed by atoms with Gasteiger partial charge in [-0.2, -0.15) is 0 Å². The van der Waals surface area contributed by atoms with Crippen LogP contribution in [0.25, 0.3) is 10.1 Å². The van der Waals surface area contributed by atoms with Gasteiger partial charge in [0.25, 0.3) is 0 Å². The summed E-state index contributed by atoms with van der Waals surface area (Å²) in [6, 6.07) is 5.54. The third-order valence-electron chi connectivity index (χ3n) is 1.95. The number of aliphatic carboxylic acids is 1. The maximum atomic E-state index is 10.5. The monoisotopic (exact) mass is 226 g/mol. The summed E-state index contributed by atoms with van der Waals surface area (Å²) in [7, 11) is 0. The summed E-state index contributed by atoms with van der Waals surface area (Å²) in [6.07, 6.45) is 0.0610. The Kier molecular flexibility index (Phi) is 2.44.